The number of aryl methyl sites for hydroxylation is 1. The molecule has 1 aliphatic heterocycles. The zero-order valence-electron chi connectivity index (χ0n) is 12.9. The molecule has 2 aromatic rings. The van der Waals surface area contributed by atoms with E-state index in [9.17, 15) is 4.79 Å². The van der Waals surface area contributed by atoms with E-state index in [0.29, 0.717) is 24.8 Å². The fraction of sp³-hybridized carbons (Fsp3) is 0.438. The molecule has 1 saturated heterocycles. The van der Waals surface area contributed by atoms with Gasteiger partial charge in [-0.25, -0.2) is 0 Å². The van der Waals surface area contributed by atoms with E-state index in [1.54, 1.807) is 0 Å². The third kappa shape index (κ3) is 2.81. The normalized spacial score (nSPS) is 15.8. The number of aromatic nitrogens is 2. The van der Waals surface area contributed by atoms with Crippen LogP contribution in [0.3, 0.4) is 0 Å². The SMILES string of the molecule is CNc1ccccc1C(=O)N1CCC(c2nc(C)no2)CC1. The fourth-order valence-electron chi connectivity index (χ4n) is 2.87. The summed E-state index contributed by atoms with van der Waals surface area (Å²) in [6.07, 6.45) is 1.71. The summed E-state index contributed by atoms with van der Waals surface area (Å²) in [5.74, 6) is 1.69. The summed E-state index contributed by atoms with van der Waals surface area (Å²) in [7, 11) is 1.83. The van der Waals surface area contributed by atoms with Crippen LogP contribution in [0.1, 0.15) is 40.8 Å². The lowest BCUT2D eigenvalue weighted by molar-refractivity contribution is 0.0705. The van der Waals surface area contributed by atoms with E-state index in [2.05, 4.69) is 15.5 Å². The van der Waals surface area contributed by atoms with Crippen LogP contribution in [0.25, 0.3) is 0 Å². The van der Waals surface area contributed by atoms with E-state index in [-0.39, 0.29) is 11.8 Å². The molecule has 1 aromatic carbocycles. The highest BCUT2D eigenvalue weighted by atomic mass is 16.5. The number of likely N-dealkylation sites (tertiary alicyclic amines) is 1. The zero-order chi connectivity index (χ0) is 15.5. The van der Waals surface area contributed by atoms with Crippen LogP contribution in [-0.2, 0) is 0 Å². The first-order valence-electron chi connectivity index (χ1n) is 7.55. The number of hydrogen-bond acceptors (Lipinski definition) is 5. The summed E-state index contributed by atoms with van der Waals surface area (Å²) in [5, 5.41) is 6.91. The van der Waals surface area contributed by atoms with E-state index in [1.165, 1.54) is 0 Å². The molecule has 1 fully saturated rings. The predicted molar refractivity (Wildman–Crippen MR) is 82.9 cm³/mol. The van der Waals surface area contributed by atoms with Crippen LogP contribution < -0.4 is 5.32 Å². The van der Waals surface area contributed by atoms with Gasteiger partial charge in [-0.3, -0.25) is 4.79 Å². The second-order valence-electron chi connectivity index (χ2n) is 5.54. The molecule has 0 aliphatic carbocycles. The molecule has 116 valence electrons. The molecule has 1 N–H and O–H groups in total. The second kappa shape index (κ2) is 6.17. The van der Waals surface area contributed by atoms with Crippen molar-refractivity contribution in [1.29, 1.82) is 0 Å². The Morgan fingerprint density at radius 1 is 1.32 bits per heavy atom. The van der Waals surface area contributed by atoms with Crippen LogP contribution in [0.5, 0.6) is 0 Å². The molecule has 6 nitrogen and oxygen atoms in total. The maximum atomic E-state index is 12.7. The summed E-state index contributed by atoms with van der Waals surface area (Å²) in [4.78, 5) is 18.9. The Morgan fingerprint density at radius 2 is 2.05 bits per heavy atom. The van der Waals surface area contributed by atoms with Crippen molar-refractivity contribution in [3.63, 3.8) is 0 Å². The molecule has 3 rings (SSSR count). The van der Waals surface area contributed by atoms with Gasteiger partial charge in [0, 0.05) is 31.7 Å². The van der Waals surface area contributed by atoms with Gasteiger partial charge in [-0.05, 0) is 31.9 Å². The van der Waals surface area contributed by atoms with E-state index in [1.807, 2.05) is 43.1 Å². The Bertz CT molecular complexity index is 660. The van der Waals surface area contributed by atoms with Gasteiger partial charge in [0.25, 0.3) is 5.91 Å². The molecule has 1 aliphatic rings. The quantitative estimate of drug-likeness (QED) is 0.942. The number of carbonyl (C=O) groups excluding carboxylic acids is 1. The number of rotatable bonds is 3. The van der Waals surface area contributed by atoms with Crippen LogP contribution in [0.15, 0.2) is 28.8 Å². The van der Waals surface area contributed by atoms with Crippen LogP contribution in [0.4, 0.5) is 5.69 Å². The Hall–Kier alpha value is -2.37. The Kier molecular flexibility index (Phi) is 4.09. The van der Waals surface area contributed by atoms with Crippen molar-refractivity contribution in [3.8, 4) is 0 Å². The molecule has 0 unspecified atom stereocenters. The van der Waals surface area contributed by atoms with Gasteiger partial charge < -0.3 is 14.7 Å². The molecule has 0 saturated carbocycles. The van der Waals surface area contributed by atoms with Gasteiger partial charge in [0.1, 0.15) is 0 Å². The summed E-state index contributed by atoms with van der Waals surface area (Å²) in [6.45, 7) is 3.24. The Labute approximate surface area is 129 Å². The molecular weight excluding hydrogens is 280 g/mol. The predicted octanol–water partition coefficient (Wildman–Crippen LogP) is 2.44. The van der Waals surface area contributed by atoms with Crippen LogP contribution >= 0.6 is 0 Å². The molecule has 0 spiro atoms. The number of piperidine rings is 1. The smallest absolute Gasteiger partial charge is 0.255 e. The standard InChI is InChI=1S/C16H20N4O2/c1-11-18-15(22-19-11)12-7-9-20(10-8-12)16(21)13-5-3-4-6-14(13)17-2/h3-6,12,17H,7-10H2,1-2H3. The number of para-hydroxylation sites is 1. The molecule has 6 heteroatoms. The van der Waals surface area contributed by atoms with Crippen molar-refractivity contribution in [2.45, 2.75) is 25.7 Å². The van der Waals surface area contributed by atoms with Gasteiger partial charge in [0.2, 0.25) is 5.89 Å². The number of carbonyl (C=O) groups is 1. The van der Waals surface area contributed by atoms with Gasteiger partial charge in [0.15, 0.2) is 5.82 Å². The van der Waals surface area contributed by atoms with Gasteiger partial charge in [-0.15, -0.1) is 0 Å². The van der Waals surface area contributed by atoms with Gasteiger partial charge in [-0.1, -0.05) is 17.3 Å². The number of nitrogens with one attached hydrogen (secondary N) is 1. The minimum Gasteiger partial charge on any atom is -0.387 e. The lowest BCUT2D eigenvalue weighted by Gasteiger charge is -2.30. The maximum absolute atomic E-state index is 12.7. The number of amides is 1. The van der Waals surface area contributed by atoms with Crippen molar-refractivity contribution in [1.82, 2.24) is 15.0 Å². The topological polar surface area (TPSA) is 71.3 Å². The average Bonchev–Trinajstić information content (AvgIpc) is 3.01. The first kappa shape index (κ1) is 14.6. The maximum Gasteiger partial charge on any atom is 0.255 e. The third-order valence-electron chi connectivity index (χ3n) is 4.10. The van der Waals surface area contributed by atoms with E-state index in [0.717, 1.165) is 24.1 Å². The van der Waals surface area contributed by atoms with Gasteiger partial charge >= 0.3 is 0 Å². The fourth-order valence-corrected chi connectivity index (χ4v) is 2.87. The lowest BCUT2D eigenvalue weighted by Crippen LogP contribution is -2.38. The molecule has 0 bridgehead atoms. The number of nitrogens with zero attached hydrogens (tertiary/aromatic N) is 3. The Morgan fingerprint density at radius 3 is 2.68 bits per heavy atom. The van der Waals surface area contributed by atoms with Gasteiger partial charge in [0.05, 0.1) is 5.56 Å². The third-order valence-corrected chi connectivity index (χ3v) is 4.10. The summed E-state index contributed by atoms with van der Waals surface area (Å²) in [5.41, 5.74) is 1.58. The monoisotopic (exact) mass is 300 g/mol. The molecular formula is C16H20N4O2. The molecule has 1 aromatic heterocycles. The van der Waals surface area contributed by atoms with Crippen LogP contribution in [-0.4, -0.2) is 41.1 Å². The average molecular weight is 300 g/mol. The van der Waals surface area contributed by atoms with E-state index < -0.39 is 0 Å². The first-order valence-corrected chi connectivity index (χ1v) is 7.55. The number of hydrogen-bond donors (Lipinski definition) is 1. The van der Waals surface area contributed by atoms with Crippen molar-refractivity contribution < 1.29 is 9.32 Å². The molecule has 22 heavy (non-hydrogen) atoms. The molecule has 0 radical (unpaired) electrons. The molecule has 0 atom stereocenters. The highest BCUT2D eigenvalue weighted by Gasteiger charge is 2.28. The first-order chi connectivity index (χ1) is 10.7. The molecule has 1 amide bonds. The van der Waals surface area contributed by atoms with E-state index in [4.69, 9.17) is 4.52 Å². The molecule has 2 heterocycles. The largest absolute Gasteiger partial charge is 0.387 e. The minimum absolute atomic E-state index is 0.0742. The minimum atomic E-state index is 0.0742. The van der Waals surface area contributed by atoms with E-state index >= 15 is 0 Å². The van der Waals surface area contributed by atoms with Crippen LogP contribution in [0.2, 0.25) is 0 Å². The Balaban J connectivity index is 1.67. The van der Waals surface area contributed by atoms with Crippen molar-refractivity contribution in [3.05, 3.63) is 41.5 Å². The second-order valence-corrected chi connectivity index (χ2v) is 5.54. The lowest BCUT2D eigenvalue weighted by atomic mass is 9.96. The van der Waals surface area contributed by atoms with Crippen molar-refractivity contribution in [2.75, 3.05) is 25.5 Å². The summed E-state index contributed by atoms with van der Waals surface area (Å²) in [6, 6.07) is 7.59. The summed E-state index contributed by atoms with van der Waals surface area (Å²) >= 11 is 0. The highest BCUT2D eigenvalue weighted by molar-refractivity contribution is 5.99. The van der Waals surface area contributed by atoms with Crippen LogP contribution in [0, 0.1) is 6.92 Å². The van der Waals surface area contributed by atoms with Gasteiger partial charge in [-0.2, -0.15) is 4.98 Å². The number of anilines is 1. The highest BCUT2D eigenvalue weighted by Crippen LogP contribution is 2.28. The van der Waals surface area contributed by atoms with Crippen molar-refractivity contribution in [2.24, 2.45) is 0 Å². The van der Waals surface area contributed by atoms with Crippen molar-refractivity contribution >= 4 is 11.6 Å². The zero-order valence-corrected chi connectivity index (χ0v) is 12.9. The number of benzene rings is 1. The summed E-state index contributed by atoms with van der Waals surface area (Å²) < 4.78 is 5.25.